The number of carboxylic acid groups (broad SMARTS) is 1. The van der Waals surface area contributed by atoms with Gasteiger partial charge in [0.25, 0.3) is 0 Å². The molecular weight excluding hydrogens is 308 g/mol. The van der Waals surface area contributed by atoms with Gasteiger partial charge >= 0.3 is 11.9 Å². The Morgan fingerprint density at radius 3 is 1.79 bits per heavy atom. The van der Waals surface area contributed by atoms with Gasteiger partial charge in [0.15, 0.2) is 11.9 Å². The molecule has 0 rings (SSSR count). The first kappa shape index (κ1) is 22.6. The molecule has 0 bridgehead atoms. The first-order valence-corrected chi connectivity index (χ1v) is 9.39. The lowest BCUT2D eigenvalue weighted by Gasteiger charge is -2.15. The van der Waals surface area contributed by atoms with Gasteiger partial charge in [0.1, 0.15) is 0 Å². The van der Waals surface area contributed by atoms with Crippen molar-refractivity contribution in [1.82, 2.24) is 0 Å². The summed E-state index contributed by atoms with van der Waals surface area (Å²) in [6.45, 7) is 3.49. The van der Waals surface area contributed by atoms with Crippen LogP contribution in [0.2, 0.25) is 0 Å². The molecule has 0 fully saturated rings. The molecule has 1 atom stereocenters. The Kier molecular flexibility index (Phi) is 14.3. The van der Waals surface area contributed by atoms with Crippen LogP contribution in [0.4, 0.5) is 0 Å². The van der Waals surface area contributed by atoms with E-state index >= 15 is 0 Å². The molecule has 0 amide bonds. The van der Waals surface area contributed by atoms with Gasteiger partial charge in [-0.15, -0.1) is 0 Å². The van der Waals surface area contributed by atoms with E-state index in [2.05, 4.69) is 6.92 Å². The molecular formula is C19H34O5. The van der Waals surface area contributed by atoms with Crippen LogP contribution in [0, 0.1) is 0 Å². The van der Waals surface area contributed by atoms with Crippen molar-refractivity contribution in [2.75, 3.05) is 0 Å². The Morgan fingerprint density at radius 2 is 1.33 bits per heavy atom. The maximum absolute atomic E-state index is 11.9. The molecule has 0 aliphatic rings. The van der Waals surface area contributed by atoms with Gasteiger partial charge < -0.3 is 9.84 Å². The predicted molar refractivity (Wildman–Crippen MR) is 93.9 cm³/mol. The van der Waals surface area contributed by atoms with Gasteiger partial charge in [-0.1, -0.05) is 64.7 Å². The number of ketones is 1. The predicted octanol–water partition coefficient (Wildman–Crippen LogP) is 4.66. The van der Waals surface area contributed by atoms with Crippen molar-refractivity contribution in [1.29, 1.82) is 0 Å². The highest BCUT2D eigenvalue weighted by molar-refractivity contribution is 5.87. The van der Waals surface area contributed by atoms with Gasteiger partial charge in [-0.25, -0.2) is 0 Å². The Morgan fingerprint density at radius 1 is 0.833 bits per heavy atom. The molecule has 1 N–H and O–H groups in total. The van der Waals surface area contributed by atoms with E-state index in [1.807, 2.05) is 0 Å². The highest BCUT2D eigenvalue weighted by Gasteiger charge is 2.21. The Bertz CT molecular complexity index is 365. The number of esters is 1. The lowest BCUT2D eigenvalue weighted by molar-refractivity contribution is -0.153. The molecule has 140 valence electrons. The number of aliphatic carboxylic acids is 1. The molecule has 24 heavy (non-hydrogen) atoms. The van der Waals surface area contributed by atoms with Crippen LogP contribution < -0.4 is 0 Å². The van der Waals surface area contributed by atoms with Crippen molar-refractivity contribution in [3.05, 3.63) is 0 Å². The van der Waals surface area contributed by atoms with E-state index in [4.69, 9.17) is 9.84 Å². The molecule has 0 aromatic carbocycles. The molecule has 0 heterocycles. The maximum Gasteiger partial charge on any atom is 0.303 e. The molecule has 5 heteroatoms. The fourth-order valence-electron chi connectivity index (χ4n) is 2.69. The number of hydrogen-bond acceptors (Lipinski definition) is 4. The summed E-state index contributed by atoms with van der Waals surface area (Å²) in [6.07, 6.45) is 11.4. The molecule has 5 nitrogen and oxygen atoms in total. The van der Waals surface area contributed by atoms with Gasteiger partial charge in [-0.05, 0) is 12.8 Å². The summed E-state index contributed by atoms with van der Waals surface area (Å²) in [5, 5.41) is 8.63. The largest absolute Gasteiger partial charge is 0.481 e. The Balaban J connectivity index is 3.80. The molecule has 0 radical (unpaired) electrons. The molecule has 0 saturated carbocycles. The monoisotopic (exact) mass is 342 g/mol. The summed E-state index contributed by atoms with van der Waals surface area (Å²) in [5.41, 5.74) is 0. The van der Waals surface area contributed by atoms with Gasteiger partial charge in [0.2, 0.25) is 0 Å². The van der Waals surface area contributed by atoms with E-state index in [0.29, 0.717) is 6.42 Å². The Labute approximate surface area is 146 Å². The zero-order valence-electron chi connectivity index (χ0n) is 15.3. The summed E-state index contributed by atoms with van der Waals surface area (Å²) >= 11 is 0. The average molecular weight is 342 g/mol. The lowest BCUT2D eigenvalue weighted by Crippen LogP contribution is -2.27. The summed E-state index contributed by atoms with van der Waals surface area (Å²) in [4.78, 5) is 33.6. The third-order valence-corrected chi connectivity index (χ3v) is 4.07. The summed E-state index contributed by atoms with van der Waals surface area (Å²) < 4.78 is 5.05. The van der Waals surface area contributed by atoms with E-state index in [1.165, 1.54) is 51.9 Å². The van der Waals surface area contributed by atoms with Crippen molar-refractivity contribution < 1.29 is 24.2 Å². The number of ether oxygens (including phenoxy) is 1. The number of carbonyl (C=O) groups is 3. The number of Topliss-reactive ketones (excluding diaryl/α,β-unsaturated/α-hetero) is 1. The zero-order valence-corrected chi connectivity index (χ0v) is 15.3. The fraction of sp³-hybridized carbons (Fsp3) is 0.842. The van der Waals surface area contributed by atoms with Crippen LogP contribution in [-0.2, 0) is 19.1 Å². The minimum Gasteiger partial charge on any atom is -0.481 e. The molecule has 0 aromatic heterocycles. The number of carbonyl (C=O) groups excluding carboxylic acids is 2. The number of rotatable bonds is 16. The highest BCUT2D eigenvalue weighted by atomic mass is 16.5. The second kappa shape index (κ2) is 15.2. The van der Waals surface area contributed by atoms with Crippen LogP contribution in [0.15, 0.2) is 0 Å². The standard InChI is InChI=1S/C19H34O5/c1-3-4-5-6-7-8-9-10-11-12-13-18(24-16(2)20)17(21)14-15-19(22)23/h18H,3-15H2,1-2H3,(H,22,23). The van der Waals surface area contributed by atoms with Crippen LogP contribution in [-0.4, -0.2) is 28.9 Å². The molecule has 0 aromatic rings. The topological polar surface area (TPSA) is 80.7 Å². The van der Waals surface area contributed by atoms with Gasteiger partial charge in [0.05, 0.1) is 6.42 Å². The SMILES string of the molecule is CCCCCCCCCCCCC(OC(C)=O)C(=O)CCC(=O)O. The third kappa shape index (κ3) is 14.2. The second-order valence-electron chi connectivity index (χ2n) is 6.43. The highest BCUT2D eigenvalue weighted by Crippen LogP contribution is 2.14. The molecule has 0 saturated heterocycles. The van der Waals surface area contributed by atoms with Crippen LogP contribution >= 0.6 is 0 Å². The smallest absolute Gasteiger partial charge is 0.303 e. The van der Waals surface area contributed by atoms with Gasteiger partial charge in [-0.3, -0.25) is 14.4 Å². The summed E-state index contributed by atoms with van der Waals surface area (Å²) in [5.74, 6) is -1.79. The van der Waals surface area contributed by atoms with Crippen molar-refractivity contribution in [3.8, 4) is 0 Å². The van der Waals surface area contributed by atoms with Crippen LogP contribution in [0.25, 0.3) is 0 Å². The number of hydrogen-bond donors (Lipinski definition) is 1. The van der Waals surface area contributed by atoms with Crippen LogP contribution in [0.1, 0.15) is 97.3 Å². The van der Waals surface area contributed by atoms with Crippen molar-refractivity contribution >= 4 is 17.7 Å². The van der Waals surface area contributed by atoms with Crippen molar-refractivity contribution in [2.45, 2.75) is 103 Å². The zero-order chi connectivity index (χ0) is 18.2. The summed E-state index contributed by atoms with van der Waals surface area (Å²) in [6, 6.07) is 0. The minimum absolute atomic E-state index is 0.0783. The Hall–Kier alpha value is -1.39. The number of carboxylic acids is 1. The van der Waals surface area contributed by atoms with E-state index in [1.54, 1.807) is 0 Å². The second-order valence-corrected chi connectivity index (χ2v) is 6.43. The lowest BCUT2D eigenvalue weighted by atomic mass is 10.0. The average Bonchev–Trinajstić information content (AvgIpc) is 2.52. The van der Waals surface area contributed by atoms with E-state index in [9.17, 15) is 14.4 Å². The van der Waals surface area contributed by atoms with Crippen molar-refractivity contribution in [2.24, 2.45) is 0 Å². The molecule has 0 aliphatic heterocycles. The molecule has 0 spiro atoms. The van der Waals surface area contributed by atoms with E-state index in [-0.39, 0.29) is 18.6 Å². The van der Waals surface area contributed by atoms with Gasteiger partial charge in [0, 0.05) is 13.3 Å². The van der Waals surface area contributed by atoms with Crippen LogP contribution in [0.3, 0.4) is 0 Å². The third-order valence-electron chi connectivity index (χ3n) is 4.07. The molecule has 1 unspecified atom stereocenters. The van der Waals surface area contributed by atoms with E-state index < -0.39 is 18.0 Å². The van der Waals surface area contributed by atoms with E-state index in [0.717, 1.165) is 19.3 Å². The quantitative estimate of drug-likeness (QED) is 0.326. The van der Waals surface area contributed by atoms with Crippen LogP contribution in [0.5, 0.6) is 0 Å². The van der Waals surface area contributed by atoms with Gasteiger partial charge in [-0.2, -0.15) is 0 Å². The fourth-order valence-corrected chi connectivity index (χ4v) is 2.69. The first-order chi connectivity index (χ1) is 11.5. The maximum atomic E-state index is 11.9. The minimum atomic E-state index is -1.01. The number of unbranched alkanes of at least 4 members (excludes halogenated alkanes) is 9. The molecule has 0 aliphatic carbocycles. The van der Waals surface area contributed by atoms with Crippen molar-refractivity contribution in [3.63, 3.8) is 0 Å². The normalized spacial score (nSPS) is 11.9. The first-order valence-electron chi connectivity index (χ1n) is 9.39. The summed E-state index contributed by atoms with van der Waals surface area (Å²) in [7, 11) is 0.